The summed E-state index contributed by atoms with van der Waals surface area (Å²) in [4.78, 5) is 10.9. The predicted molar refractivity (Wildman–Crippen MR) is 58.5 cm³/mol. The first-order chi connectivity index (χ1) is 8.29. The number of hydrogen-bond acceptors (Lipinski definition) is 5. The largest absolute Gasteiger partial charge is 0.454 e. The van der Waals surface area contributed by atoms with E-state index in [9.17, 15) is 4.79 Å². The van der Waals surface area contributed by atoms with Gasteiger partial charge in [-0.15, -0.1) is 0 Å². The minimum Gasteiger partial charge on any atom is -0.454 e. The zero-order chi connectivity index (χ0) is 12.1. The molecule has 1 amide bonds. The lowest BCUT2D eigenvalue weighted by Crippen LogP contribution is -2.16. The van der Waals surface area contributed by atoms with Crippen molar-refractivity contribution < 1.29 is 14.3 Å². The summed E-state index contributed by atoms with van der Waals surface area (Å²) in [6, 6.07) is 7.03. The molecule has 6 nitrogen and oxygen atoms in total. The van der Waals surface area contributed by atoms with Crippen LogP contribution >= 0.6 is 0 Å². The van der Waals surface area contributed by atoms with E-state index in [0.717, 1.165) is 5.56 Å². The number of nitriles is 1. The first kappa shape index (κ1) is 11.0. The van der Waals surface area contributed by atoms with Crippen LogP contribution in [0.2, 0.25) is 0 Å². The minimum atomic E-state index is -0.440. The Morgan fingerprint density at radius 3 is 3.18 bits per heavy atom. The Kier molecular flexibility index (Phi) is 3.21. The molecule has 0 aliphatic carbocycles. The van der Waals surface area contributed by atoms with Crippen molar-refractivity contribution in [2.24, 2.45) is 5.10 Å². The molecular weight excluding hydrogens is 222 g/mol. The first-order valence-electron chi connectivity index (χ1n) is 4.88. The fourth-order valence-corrected chi connectivity index (χ4v) is 1.28. The fourth-order valence-electron chi connectivity index (χ4n) is 1.28. The third-order valence-electron chi connectivity index (χ3n) is 2.04. The van der Waals surface area contributed by atoms with E-state index in [-0.39, 0.29) is 13.2 Å². The number of nitrogens with one attached hydrogen (secondary N) is 1. The Hall–Kier alpha value is -2.55. The molecular formula is C11H9N3O3. The Morgan fingerprint density at radius 1 is 1.53 bits per heavy atom. The standard InChI is InChI=1S/C11H9N3O3/c12-4-3-11(15)14-13-6-8-1-2-9-10(5-8)17-7-16-9/h1-2,5-6H,3,7H2,(H,14,15)/b13-6-. The van der Waals surface area contributed by atoms with Gasteiger partial charge in [0, 0.05) is 0 Å². The molecule has 86 valence electrons. The smallest absolute Gasteiger partial charge is 0.254 e. The summed E-state index contributed by atoms with van der Waals surface area (Å²) in [7, 11) is 0. The predicted octanol–water partition coefficient (Wildman–Crippen LogP) is 0.779. The number of hydrazone groups is 1. The van der Waals surface area contributed by atoms with Gasteiger partial charge in [-0.1, -0.05) is 0 Å². The third-order valence-corrected chi connectivity index (χ3v) is 2.04. The number of hydrogen-bond donors (Lipinski definition) is 1. The monoisotopic (exact) mass is 231 g/mol. The SMILES string of the molecule is N#CCC(=O)N/N=C\c1ccc2c(c1)OCO2. The second kappa shape index (κ2) is 4.99. The Bertz CT molecular complexity index is 505. The van der Waals surface area contributed by atoms with Gasteiger partial charge in [0.2, 0.25) is 6.79 Å². The molecule has 0 atom stereocenters. The van der Waals surface area contributed by atoms with Gasteiger partial charge in [-0.05, 0) is 23.8 Å². The molecule has 0 saturated carbocycles. The number of nitrogens with zero attached hydrogens (tertiary/aromatic N) is 2. The first-order valence-corrected chi connectivity index (χ1v) is 4.88. The highest BCUT2D eigenvalue weighted by Gasteiger charge is 2.12. The average molecular weight is 231 g/mol. The molecule has 1 aromatic rings. The Labute approximate surface area is 97.4 Å². The molecule has 17 heavy (non-hydrogen) atoms. The van der Waals surface area contributed by atoms with Gasteiger partial charge >= 0.3 is 0 Å². The van der Waals surface area contributed by atoms with Crippen LogP contribution in [0.3, 0.4) is 0 Å². The molecule has 1 aliphatic heterocycles. The molecule has 0 spiro atoms. The molecule has 1 heterocycles. The van der Waals surface area contributed by atoms with Crippen LogP contribution in [0.25, 0.3) is 0 Å². The van der Waals surface area contributed by atoms with Crippen molar-refractivity contribution in [2.45, 2.75) is 6.42 Å². The van der Waals surface area contributed by atoms with Gasteiger partial charge in [-0.25, -0.2) is 5.43 Å². The van der Waals surface area contributed by atoms with Crippen molar-refractivity contribution in [1.82, 2.24) is 5.43 Å². The zero-order valence-electron chi connectivity index (χ0n) is 8.84. The van der Waals surface area contributed by atoms with Crippen molar-refractivity contribution in [2.75, 3.05) is 6.79 Å². The third kappa shape index (κ3) is 2.72. The van der Waals surface area contributed by atoms with Gasteiger partial charge in [-0.2, -0.15) is 10.4 Å². The molecule has 6 heteroatoms. The second-order valence-electron chi connectivity index (χ2n) is 3.24. The van der Waals surface area contributed by atoms with Crippen LogP contribution < -0.4 is 14.9 Å². The van der Waals surface area contributed by atoms with Crippen LogP contribution in [0.4, 0.5) is 0 Å². The van der Waals surface area contributed by atoms with Gasteiger partial charge in [0.05, 0.1) is 12.3 Å². The summed E-state index contributed by atoms with van der Waals surface area (Å²) in [5.74, 6) is 0.900. The van der Waals surface area contributed by atoms with Crippen molar-refractivity contribution in [3.05, 3.63) is 23.8 Å². The van der Waals surface area contributed by atoms with Crippen LogP contribution in [0.15, 0.2) is 23.3 Å². The highest BCUT2D eigenvalue weighted by atomic mass is 16.7. The van der Waals surface area contributed by atoms with Crippen molar-refractivity contribution in [1.29, 1.82) is 5.26 Å². The van der Waals surface area contributed by atoms with Crippen molar-refractivity contribution in [3.8, 4) is 17.6 Å². The molecule has 0 bridgehead atoms. The zero-order valence-corrected chi connectivity index (χ0v) is 8.84. The van der Waals surface area contributed by atoms with Gasteiger partial charge in [-0.3, -0.25) is 4.79 Å². The average Bonchev–Trinajstić information content (AvgIpc) is 2.76. The molecule has 0 saturated heterocycles. The van der Waals surface area contributed by atoms with E-state index in [2.05, 4.69) is 10.5 Å². The maximum absolute atomic E-state index is 10.9. The lowest BCUT2D eigenvalue weighted by Gasteiger charge is -1.97. The summed E-state index contributed by atoms with van der Waals surface area (Å²) in [5, 5.41) is 12.0. The molecule has 0 aromatic heterocycles. The molecule has 2 rings (SSSR count). The molecule has 0 unspecified atom stereocenters. The van der Waals surface area contributed by atoms with E-state index in [1.54, 1.807) is 24.3 Å². The number of carbonyl (C=O) groups is 1. The molecule has 0 radical (unpaired) electrons. The van der Waals surface area contributed by atoms with Crippen LogP contribution in [0, 0.1) is 11.3 Å². The number of amides is 1. The van der Waals surface area contributed by atoms with Crippen molar-refractivity contribution in [3.63, 3.8) is 0 Å². The van der Waals surface area contributed by atoms with Crippen LogP contribution in [0.1, 0.15) is 12.0 Å². The lowest BCUT2D eigenvalue weighted by atomic mass is 10.2. The summed E-state index contributed by atoms with van der Waals surface area (Å²) >= 11 is 0. The summed E-state index contributed by atoms with van der Waals surface area (Å²) in [6.07, 6.45) is 1.26. The normalized spacial score (nSPS) is 12.4. The van der Waals surface area contributed by atoms with E-state index in [1.165, 1.54) is 6.21 Å². The van der Waals surface area contributed by atoms with E-state index in [4.69, 9.17) is 14.7 Å². The fraction of sp³-hybridized carbons (Fsp3) is 0.182. The van der Waals surface area contributed by atoms with Gasteiger partial charge in [0.15, 0.2) is 11.5 Å². The van der Waals surface area contributed by atoms with Crippen LogP contribution in [0.5, 0.6) is 11.5 Å². The number of rotatable bonds is 3. The van der Waals surface area contributed by atoms with E-state index >= 15 is 0 Å². The van der Waals surface area contributed by atoms with Crippen LogP contribution in [-0.2, 0) is 4.79 Å². The summed E-state index contributed by atoms with van der Waals surface area (Å²) in [6.45, 7) is 0.217. The maximum Gasteiger partial charge on any atom is 0.254 e. The number of benzene rings is 1. The Morgan fingerprint density at radius 2 is 2.35 bits per heavy atom. The van der Waals surface area contributed by atoms with Gasteiger partial charge < -0.3 is 9.47 Å². The molecule has 1 aliphatic rings. The summed E-state index contributed by atoms with van der Waals surface area (Å²) < 4.78 is 10.3. The molecule has 1 N–H and O–H groups in total. The Balaban J connectivity index is 1.97. The van der Waals surface area contributed by atoms with Crippen LogP contribution in [-0.4, -0.2) is 18.9 Å². The highest BCUT2D eigenvalue weighted by Crippen LogP contribution is 2.31. The second-order valence-corrected chi connectivity index (χ2v) is 3.24. The topological polar surface area (TPSA) is 83.7 Å². The van der Waals surface area contributed by atoms with E-state index in [0.29, 0.717) is 11.5 Å². The minimum absolute atomic E-state index is 0.210. The molecule has 0 fully saturated rings. The van der Waals surface area contributed by atoms with Gasteiger partial charge in [0.25, 0.3) is 5.91 Å². The van der Waals surface area contributed by atoms with E-state index in [1.807, 2.05) is 0 Å². The number of fused-ring (bicyclic) bond motifs is 1. The summed E-state index contributed by atoms with van der Waals surface area (Å²) in [5.41, 5.74) is 3.01. The maximum atomic E-state index is 10.9. The lowest BCUT2D eigenvalue weighted by molar-refractivity contribution is -0.120. The molecule has 1 aromatic carbocycles. The van der Waals surface area contributed by atoms with E-state index < -0.39 is 5.91 Å². The quantitative estimate of drug-likeness (QED) is 0.615. The van der Waals surface area contributed by atoms with Crippen molar-refractivity contribution >= 4 is 12.1 Å². The highest BCUT2D eigenvalue weighted by molar-refractivity contribution is 5.83. The van der Waals surface area contributed by atoms with Gasteiger partial charge in [0.1, 0.15) is 6.42 Å². The number of carbonyl (C=O) groups excluding carboxylic acids is 1. The number of ether oxygens (including phenoxy) is 2.